The second-order valence-corrected chi connectivity index (χ2v) is 5.51. The third-order valence-electron chi connectivity index (χ3n) is 4.08. The standard InChI is InChI=1S/C17H20N2O2/c1-14-4-2-3-5-15(14)12-18-7-9-19(10-8-18)17(20)16-6-11-21-13-16/h2-6,11,13H,7-10,12H2,1H3. The molecule has 1 fully saturated rings. The number of carbonyl (C=O) groups excluding carboxylic acids is 1. The molecule has 0 aliphatic carbocycles. The summed E-state index contributed by atoms with van der Waals surface area (Å²) in [4.78, 5) is 16.5. The van der Waals surface area contributed by atoms with E-state index in [0.29, 0.717) is 5.56 Å². The first-order valence-corrected chi connectivity index (χ1v) is 7.32. The number of piperazine rings is 1. The van der Waals surface area contributed by atoms with E-state index in [0.717, 1.165) is 32.7 Å². The largest absolute Gasteiger partial charge is 0.472 e. The van der Waals surface area contributed by atoms with Crippen LogP contribution in [0.5, 0.6) is 0 Å². The fourth-order valence-corrected chi connectivity index (χ4v) is 2.71. The summed E-state index contributed by atoms with van der Waals surface area (Å²) in [6.07, 6.45) is 3.06. The second kappa shape index (κ2) is 6.14. The van der Waals surface area contributed by atoms with Crippen molar-refractivity contribution in [2.45, 2.75) is 13.5 Å². The van der Waals surface area contributed by atoms with E-state index in [9.17, 15) is 4.79 Å². The summed E-state index contributed by atoms with van der Waals surface area (Å²) in [6.45, 7) is 6.48. The molecule has 1 aromatic heterocycles. The summed E-state index contributed by atoms with van der Waals surface area (Å²) < 4.78 is 4.98. The van der Waals surface area contributed by atoms with E-state index in [1.54, 1.807) is 12.3 Å². The van der Waals surface area contributed by atoms with Crippen LogP contribution >= 0.6 is 0 Å². The van der Waals surface area contributed by atoms with Gasteiger partial charge < -0.3 is 9.32 Å². The van der Waals surface area contributed by atoms with Gasteiger partial charge in [0.1, 0.15) is 6.26 Å². The van der Waals surface area contributed by atoms with E-state index in [1.807, 2.05) is 4.90 Å². The van der Waals surface area contributed by atoms with Crippen molar-refractivity contribution in [2.75, 3.05) is 26.2 Å². The zero-order chi connectivity index (χ0) is 14.7. The molecule has 21 heavy (non-hydrogen) atoms. The molecule has 0 atom stereocenters. The summed E-state index contributed by atoms with van der Waals surface area (Å²) in [5.41, 5.74) is 3.34. The Kier molecular flexibility index (Phi) is 4.06. The van der Waals surface area contributed by atoms with E-state index in [4.69, 9.17) is 4.42 Å². The molecule has 0 unspecified atom stereocenters. The lowest BCUT2D eigenvalue weighted by Gasteiger charge is -2.34. The Hall–Kier alpha value is -2.07. The Morgan fingerprint density at radius 3 is 2.57 bits per heavy atom. The number of carbonyl (C=O) groups is 1. The number of nitrogens with zero attached hydrogens (tertiary/aromatic N) is 2. The first kappa shape index (κ1) is 13.9. The molecule has 2 heterocycles. The van der Waals surface area contributed by atoms with Crippen LogP contribution in [0, 0.1) is 6.92 Å². The van der Waals surface area contributed by atoms with Crippen molar-refractivity contribution >= 4 is 5.91 Å². The summed E-state index contributed by atoms with van der Waals surface area (Å²) in [5, 5.41) is 0. The van der Waals surface area contributed by atoms with Gasteiger partial charge in [-0.1, -0.05) is 24.3 Å². The van der Waals surface area contributed by atoms with Gasteiger partial charge in [-0.3, -0.25) is 9.69 Å². The SMILES string of the molecule is Cc1ccccc1CN1CCN(C(=O)c2ccoc2)CC1. The lowest BCUT2D eigenvalue weighted by Crippen LogP contribution is -2.48. The maximum Gasteiger partial charge on any atom is 0.257 e. The molecular formula is C17H20N2O2. The second-order valence-electron chi connectivity index (χ2n) is 5.51. The highest BCUT2D eigenvalue weighted by Gasteiger charge is 2.22. The minimum Gasteiger partial charge on any atom is -0.472 e. The molecule has 0 spiro atoms. The van der Waals surface area contributed by atoms with Gasteiger partial charge in [0.05, 0.1) is 11.8 Å². The highest BCUT2D eigenvalue weighted by atomic mass is 16.3. The van der Waals surface area contributed by atoms with Gasteiger partial charge in [-0.05, 0) is 24.1 Å². The molecule has 2 aromatic rings. The van der Waals surface area contributed by atoms with Gasteiger partial charge in [0.15, 0.2) is 0 Å². The van der Waals surface area contributed by atoms with E-state index >= 15 is 0 Å². The van der Waals surface area contributed by atoms with Crippen LogP contribution in [0.15, 0.2) is 47.3 Å². The summed E-state index contributed by atoms with van der Waals surface area (Å²) in [6, 6.07) is 10.2. The van der Waals surface area contributed by atoms with Gasteiger partial charge in [0.25, 0.3) is 5.91 Å². The van der Waals surface area contributed by atoms with Gasteiger partial charge in [0, 0.05) is 32.7 Å². The molecule has 0 saturated carbocycles. The minimum absolute atomic E-state index is 0.0688. The Morgan fingerprint density at radius 2 is 1.90 bits per heavy atom. The van der Waals surface area contributed by atoms with Crippen LogP contribution in [0.3, 0.4) is 0 Å². The lowest BCUT2D eigenvalue weighted by molar-refractivity contribution is 0.0627. The third kappa shape index (κ3) is 3.16. The molecule has 1 saturated heterocycles. The molecule has 1 aromatic carbocycles. The van der Waals surface area contributed by atoms with Crippen LogP contribution in [0.1, 0.15) is 21.5 Å². The predicted octanol–water partition coefficient (Wildman–Crippen LogP) is 2.55. The maximum absolute atomic E-state index is 12.2. The monoisotopic (exact) mass is 284 g/mol. The van der Waals surface area contributed by atoms with E-state index < -0.39 is 0 Å². The summed E-state index contributed by atoms with van der Waals surface area (Å²) >= 11 is 0. The Labute approximate surface area is 125 Å². The molecule has 4 nitrogen and oxygen atoms in total. The normalized spacial score (nSPS) is 16.1. The molecule has 4 heteroatoms. The van der Waals surface area contributed by atoms with Crippen molar-refractivity contribution in [1.82, 2.24) is 9.80 Å². The van der Waals surface area contributed by atoms with E-state index in [1.165, 1.54) is 17.4 Å². The van der Waals surface area contributed by atoms with Crippen molar-refractivity contribution < 1.29 is 9.21 Å². The van der Waals surface area contributed by atoms with E-state index in [-0.39, 0.29) is 5.91 Å². The molecular weight excluding hydrogens is 264 g/mol. The number of hydrogen-bond acceptors (Lipinski definition) is 3. The van der Waals surface area contributed by atoms with Crippen molar-refractivity contribution in [3.63, 3.8) is 0 Å². The number of aryl methyl sites for hydroxylation is 1. The highest BCUT2D eigenvalue weighted by Crippen LogP contribution is 2.14. The Balaban J connectivity index is 1.56. The number of hydrogen-bond donors (Lipinski definition) is 0. The maximum atomic E-state index is 12.2. The van der Waals surface area contributed by atoms with Crippen molar-refractivity contribution in [3.8, 4) is 0 Å². The van der Waals surface area contributed by atoms with Crippen LogP contribution in [0.4, 0.5) is 0 Å². The van der Waals surface area contributed by atoms with Gasteiger partial charge in [-0.2, -0.15) is 0 Å². The Morgan fingerprint density at radius 1 is 1.14 bits per heavy atom. The number of amides is 1. The van der Waals surface area contributed by atoms with Gasteiger partial charge in [-0.15, -0.1) is 0 Å². The molecule has 1 aliphatic rings. The summed E-state index contributed by atoms with van der Waals surface area (Å²) in [7, 11) is 0. The molecule has 1 amide bonds. The van der Waals surface area contributed by atoms with Crippen LogP contribution in [0.25, 0.3) is 0 Å². The summed E-state index contributed by atoms with van der Waals surface area (Å²) in [5.74, 6) is 0.0688. The molecule has 1 aliphatic heterocycles. The molecule has 0 N–H and O–H groups in total. The van der Waals surface area contributed by atoms with Crippen LogP contribution in [-0.4, -0.2) is 41.9 Å². The fourth-order valence-electron chi connectivity index (χ4n) is 2.71. The number of rotatable bonds is 3. The van der Waals surface area contributed by atoms with Crippen molar-refractivity contribution in [3.05, 3.63) is 59.5 Å². The lowest BCUT2D eigenvalue weighted by atomic mass is 10.1. The first-order valence-electron chi connectivity index (χ1n) is 7.32. The molecule has 0 radical (unpaired) electrons. The van der Waals surface area contributed by atoms with Crippen LogP contribution in [0.2, 0.25) is 0 Å². The number of benzene rings is 1. The fraction of sp³-hybridized carbons (Fsp3) is 0.353. The predicted molar refractivity (Wildman–Crippen MR) is 81.1 cm³/mol. The van der Waals surface area contributed by atoms with Gasteiger partial charge >= 0.3 is 0 Å². The zero-order valence-corrected chi connectivity index (χ0v) is 12.3. The van der Waals surface area contributed by atoms with Gasteiger partial charge in [0.2, 0.25) is 0 Å². The zero-order valence-electron chi connectivity index (χ0n) is 12.3. The van der Waals surface area contributed by atoms with Crippen molar-refractivity contribution in [1.29, 1.82) is 0 Å². The third-order valence-corrected chi connectivity index (χ3v) is 4.08. The topological polar surface area (TPSA) is 36.7 Å². The molecule has 3 rings (SSSR count). The quantitative estimate of drug-likeness (QED) is 0.869. The van der Waals surface area contributed by atoms with E-state index in [2.05, 4.69) is 36.1 Å². The first-order chi connectivity index (χ1) is 10.2. The minimum atomic E-state index is 0.0688. The van der Waals surface area contributed by atoms with Crippen LogP contribution in [-0.2, 0) is 6.54 Å². The smallest absolute Gasteiger partial charge is 0.257 e. The highest BCUT2D eigenvalue weighted by molar-refractivity contribution is 5.93. The molecule has 110 valence electrons. The molecule has 0 bridgehead atoms. The Bertz CT molecular complexity index is 599. The average Bonchev–Trinajstić information content (AvgIpc) is 3.04. The number of furan rings is 1. The van der Waals surface area contributed by atoms with Crippen molar-refractivity contribution in [2.24, 2.45) is 0 Å². The average molecular weight is 284 g/mol. The van der Waals surface area contributed by atoms with Gasteiger partial charge in [-0.25, -0.2) is 0 Å². The van der Waals surface area contributed by atoms with Crippen LogP contribution < -0.4 is 0 Å².